The molecular formula is C13H10N2OS. The zero-order chi connectivity index (χ0) is 11.8. The number of aromatic amines is 1. The van der Waals surface area contributed by atoms with Gasteiger partial charge in [0.05, 0.1) is 10.3 Å². The van der Waals surface area contributed by atoms with E-state index in [0.29, 0.717) is 5.39 Å². The average molecular weight is 242 g/mol. The number of H-pyrrole nitrogens is 1. The maximum absolute atomic E-state index is 11.7. The molecule has 3 aromatic rings. The smallest absolute Gasteiger partial charge is 0.267 e. The van der Waals surface area contributed by atoms with Gasteiger partial charge in [-0.15, -0.1) is 11.3 Å². The summed E-state index contributed by atoms with van der Waals surface area (Å²) in [7, 11) is 0. The van der Waals surface area contributed by atoms with Crippen molar-refractivity contribution in [2.24, 2.45) is 0 Å². The van der Waals surface area contributed by atoms with E-state index in [9.17, 15) is 4.79 Å². The molecule has 0 saturated carbocycles. The van der Waals surface area contributed by atoms with Gasteiger partial charge in [0, 0.05) is 5.39 Å². The second kappa shape index (κ2) is 3.82. The fourth-order valence-electron chi connectivity index (χ4n) is 1.90. The molecule has 0 fully saturated rings. The number of hydrogen-bond acceptors (Lipinski definition) is 3. The van der Waals surface area contributed by atoms with Crippen LogP contribution in [0.1, 0.15) is 5.56 Å². The molecule has 0 aliphatic rings. The summed E-state index contributed by atoms with van der Waals surface area (Å²) >= 11 is 1.64. The molecular weight excluding hydrogens is 232 g/mol. The number of fused-ring (bicyclic) bond motifs is 1. The van der Waals surface area contributed by atoms with E-state index in [-0.39, 0.29) is 5.56 Å². The van der Waals surface area contributed by atoms with Gasteiger partial charge in [0.15, 0.2) is 0 Å². The Kier molecular flexibility index (Phi) is 2.30. The van der Waals surface area contributed by atoms with Crippen molar-refractivity contribution in [1.29, 1.82) is 0 Å². The molecule has 0 aliphatic carbocycles. The molecule has 1 aromatic carbocycles. The Hall–Kier alpha value is -1.94. The summed E-state index contributed by atoms with van der Waals surface area (Å²) in [5.41, 5.74) is 1.89. The SMILES string of the molecule is Cc1ccsc1-c1n[nH]c(=O)c2ccccc12. The third-order valence-electron chi connectivity index (χ3n) is 2.77. The van der Waals surface area contributed by atoms with Crippen LogP contribution in [-0.2, 0) is 0 Å². The highest BCUT2D eigenvalue weighted by Gasteiger charge is 2.10. The van der Waals surface area contributed by atoms with Crippen LogP contribution in [0.15, 0.2) is 40.5 Å². The van der Waals surface area contributed by atoms with Crippen molar-refractivity contribution in [2.75, 3.05) is 0 Å². The number of thiophene rings is 1. The van der Waals surface area contributed by atoms with Gasteiger partial charge in [-0.1, -0.05) is 18.2 Å². The maximum Gasteiger partial charge on any atom is 0.272 e. The van der Waals surface area contributed by atoms with E-state index in [0.717, 1.165) is 16.0 Å². The van der Waals surface area contributed by atoms with Crippen LogP contribution in [0, 0.1) is 6.92 Å². The summed E-state index contributed by atoms with van der Waals surface area (Å²) in [6.45, 7) is 2.05. The van der Waals surface area contributed by atoms with Gasteiger partial charge in [0.2, 0.25) is 0 Å². The number of aryl methyl sites for hydroxylation is 1. The van der Waals surface area contributed by atoms with E-state index in [2.05, 4.69) is 16.3 Å². The molecule has 0 bridgehead atoms. The van der Waals surface area contributed by atoms with Gasteiger partial charge in [-0.3, -0.25) is 4.79 Å². The fraction of sp³-hybridized carbons (Fsp3) is 0.0769. The molecule has 0 amide bonds. The normalized spacial score (nSPS) is 10.9. The van der Waals surface area contributed by atoms with E-state index in [4.69, 9.17) is 0 Å². The van der Waals surface area contributed by atoms with Crippen molar-refractivity contribution in [3.8, 4) is 10.6 Å². The first kappa shape index (κ1) is 10.2. The molecule has 3 nitrogen and oxygen atoms in total. The molecule has 0 saturated heterocycles. The molecule has 2 heterocycles. The lowest BCUT2D eigenvalue weighted by Gasteiger charge is -2.03. The van der Waals surface area contributed by atoms with Crippen molar-refractivity contribution in [3.05, 3.63) is 51.6 Å². The van der Waals surface area contributed by atoms with Gasteiger partial charge in [0.1, 0.15) is 5.69 Å². The number of nitrogens with one attached hydrogen (secondary N) is 1. The minimum Gasteiger partial charge on any atom is -0.267 e. The van der Waals surface area contributed by atoms with Crippen LogP contribution in [0.4, 0.5) is 0 Å². The van der Waals surface area contributed by atoms with Crippen LogP contribution in [0.5, 0.6) is 0 Å². The second-order valence-corrected chi connectivity index (χ2v) is 4.80. The molecule has 1 N–H and O–H groups in total. The summed E-state index contributed by atoms with van der Waals surface area (Å²) in [5.74, 6) is 0. The van der Waals surface area contributed by atoms with Crippen LogP contribution in [0.25, 0.3) is 21.3 Å². The van der Waals surface area contributed by atoms with Gasteiger partial charge in [-0.05, 0) is 30.0 Å². The van der Waals surface area contributed by atoms with E-state index in [1.807, 2.05) is 36.6 Å². The average Bonchev–Trinajstić information content (AvgIpc) is 2.77. The summed E-state index contributed by atoms with van der Waals surface area (Å²) in [4.78, 5) is 12.8. The molecule has 0 unspecified atom stereocenters. The lowest BCUT2D eigenvalue weighted by molar-refractivity contribution is 1.02. The highest BCUT2D eigenvalue weighted by Crippen LogP contribution is 2.31. The van der Waals surface area contributed by atoms with Crippen molar-refractivity contribution in [2.45, 2.75) is 6.92 Å². The third kappa shape index (κ3) is 1.57. The number of benzene rings is 1. The molecule has 17 heavy (non-hydrogen) atoms. The zero-order valence-corrected chi connectivity index (χ0v) is 10.0. The predicted molar refractivity (Wildman–Crippen MR) is 70.4 cm³/mol. The lowest BCUT2D eigenvalue weighted by atomic mass is 10.1. The Labute approximate surface area is 102 Å². The van der Waals surface area contributed by atoms with E-state index in [1.165, 1.54) is 5.56 Å². The molecule has 0 radical (unpaired) electrons. The lowest BCUT2D eigenvalue weighted by Crippen LogP contribution is -2.09. The first-order valence-electron chi connectivity index (χ1n) is 5.29. The van der Waals surface area contributed by atoms with Crippen molar-refractivity contribution >= 4 is 22.1 Å². The molecule has 3 rings (SSSR count). The van der Waals surface area contributed by atoms with Crippen LogP contribution in [0.2, 0.25) is 0 Å². The topological polar surface area (TPSA) is 45.8 Å². The zero-order valence-electron chi connectivity index (χ0n) is 9.23. The Morgan fingerprint density at radius 3 is 2.65 bits per heavy atom. The van der Waals surface area contributed by atoms with E-state index >= 15 is 0 Å². The highest BCUT2D eigenvalue weighted by atomic mass is 32.1. The van der Waals surface area contributed by atoms with Crippen molar-refractivity contribution in [1.82, 2.24) is 10.2 Å². The second-order valence-electron chi connectivity index (χ2n) is 3.88. The molecule has 84 valence electrons. The third-order valence-corrected chi connectivity index (χ3v) is 3.80. The van der Waals surface area contributed by atoms with Crippen LogP contribution >= 0.6 is 11.3 Å². The minimum absolute atomic E-state index is 0.140. The maximum atomic E-state index is 11.7. The molecule has 2 aromatic heterocycles. The Morgan fingerprint density at radius 2 is 1.94 bits per heavy atom. The van der Waals surface area contributed by atoms with Crippen LogP contribution in [0.3, 0.4) is 0 Å². The van der Waals surface area contributed by atoms with Gasteiger partial charge < -0.3 is 0 Å². The van der Waals surface area contributed by atoms with Gasteiger partial charge in [-0.25, -0.2) is 5.10 Å². The number of hydrogen-bond donors (Lipinski definition) is 1. The van der Waals surface area contributed by atoms with E-state index in [1.54, 1.807) is 11.3 Å². The predicted octanol–water partition coefficient (Wildman–Crippen LogP) is 2.96. The number of rotatable bonds is 1. The van der Waals surface area contributed by atoms with Gasteiger partial charge in [0.25, 0.3) is 5.56 Å². The largest absolute Gasteiger partial charge is 0.272 e. The number of aromatic nitrogens is 2. The molecule has 0 aliphatic heterocycles. The van der Waals surface area contributed by atoms with E-state index < -0.39 is 0 Å². The summed E-state index contributed by atoms with van der Waals surface area (Å²) in [6.07, 6.45) is 0. The summed E-state index contributed by atoms with van der Waals surface area (Å²) in [6, 6.07) is 9.61. The Morgan fingerprint density at radius 1 is 1.18 bits per heavy atom. The quantitative estimate of drug-likeness (QED) is 0.713. The van der Waals surface area contributed by atoms with Crippen LogP contribution < -0.4 is 5.56 Å². The summed E-state index contributed by atoms with van der Waals surface area (Å²) in [5, 5.41) is 10.4. The van der Waals surface area contributed by atoms with Crippen molar-refractivity contribution in [3.63, 3.8) is 0 Å². The number of nitrogens with zero attached hydrogens (tertiary/aromatic N) is 1. The minimum atomic E-state index is -0.140. The summed E-state index contributed by atoms with van der Waals surface area (Å²) < 4.78 is 0. The first-order chi connectivity index (χ1) is 8.27. The standard InChI is InChI=1S/C13H10N2OS/c1-8-6-7-17-12(8)11-9-4-2-3-5-10(9)13(16)15-14-11/h2-7H,1H3,(H,15,16). The van der Waals surface area contributed by atoms with Crippen molar-refractivity contribution < 1.29 is 0 Å². The molecule has 4 heteroatoms. The Bertz CT molecular complexity index is 742. The molecule has 0 spiro atoms. The van der Waals surface area contributed by atoms with Crippen LogP contribution in [-0.4, -0.2) is 10.2 Å². The molecule has 0 atom stereocenters. The monoisotopic (exact) mass is 242 g/mol. The fourth-order valence-corrected chi connectivity index (χ4v) is 2.83. The van der Waals surface area contributed by atoms with Gasteiger partial charge in [-0.2, -0.15) is 5.10 Å². The Balaban J connectivity index is 2.43. The van der Waals surface area contributed by atoms with Gasteiger partial charge >= 0.3 is 0 Å². The first-order valence-corrected chi connectivity index (χ1v) is 6.17. The highest BCUT2D eigenvalue weighted by molar-refractivity contribution is 7.13.